The fourth-order valence-corrected chi connectivity index (χ4v) is 4.00. The molecule has 29 heavy (non-hydrogen) atoms. The number of aromatic amines is 1. The van der Waals surface area contributed by atoms with Crippen molar-refractivity contribution < 1.29 is 9.18 Å². The van der Waals surface area contributed by atoms with Gasteiger partial charge in [0.1, 0.15) is 5.65 Å². The Morgan fingerprint density at radius 3 is 2.97 bits per heavy atom. The molecular weight excluding hydrogens is 395 g/mol. The lowest BCUT2D eigenvalue weighted by molar-refractivity contribution is -0.133. The molecule has 1 aliphatic heterocycles. The van der Waals surface area contributed by atoms with Crippen LogP contribution in [0.1, 0.15) is 25.7 Å². The van der Waals surface area contributed by atoms with Crippen LogP contribution in [0, 0.1) is 11.7 Å². The largest absolute Gasteiger partial charge is 0.363 e. The van der Waals surface area contributed by atoms with E-state index in [-0.39, 0.29) is 23.7 Å². The first-order valence-electron chi connectivity index (χ1n) is 9.79. The van der Waals surface area contributed by atoms with Crippen LogP contribution in [-0.4, -0.2) is 49.9 Å². The average molecular weight is 415 g/mol. The van der Waals surface area contributed by atoms with Crippen molar-refractivity contribution >= 4 is 34.4 Å². The number of carbonyl (C=O) groups excluding carboxylic acids is 1. The minimum absolute atomic E-state index is 0.0391. The summed E-state index contributed by atoms with van der Waals surface area (Å²) in [5, 5.41) is 4.46. The molecule has 9 heteroatoms. The molecule has 0 aromatic carbocycles. The number of hydrogen-bond acceptors (Lipinski definition) is 5. The van der Waals surface area contributed by atoms with E-state index < -0.39 is 5.82 Å². The maximum absolute atomic E-state index is 14.4. The summed E-state index contributed by atoms with van der Waals surface area (Å²) in [6, 6.07) is 1.74. The minimum Gasteiger partial charge on any atom is -0.363 e. The highest BCUT2D eigenvalue weighted by atomic mass is 35.5. The first-order chi connectivity index (χ1) is 14.1. The van der Waals surface area contributed by atoms with Gasteiger partial charge in [0.05, 0.1) is 11.2 Å². The van der Waals surface area contributed by atoms with E-state index in [2.05, 4.69) is 25.3 Å². The summed E-state index contributed by atoms with van der Waals surface area (Å²) in [5.41, 5.74) is 1.36. The highest BCUT2D eigenvalue weighted by Gasteiger charge is 2.35. The van der Waals surface area contributed by atoms with Crippen LogP contribution in [0.4, 0.5) is 10.2 Å². The molecule has 3 aromatic rings. The number of anilines is 1. The Bertz CT molecular complexity index is 1080. The van der Waals surface area contributed by atoms with Crippen molar-refractivity contribution in [2.75, 3.05) is 18.4 Å². The molecular formula is C20H20ClFN6O. The number of halogens is 2. The molecule has 1 aliphatic carbocycles. The van der Waals surface area contributed by atoms with Crippen molar-refractivity contribution in [3.05, 3.63) is 35.5 Å². The van der Waals surface area contributed by atoms with Gasteiger partial charge in [0.25, 0.3) is 0 Å². The second kappa shape index (κ2) is 7.26. The molecule has 3 aromatic heterocycles. The Hall–Kier alpha value is -2.74. The van der Waals surface area contributed by atoms with E-state index in [1.54, 1.807) is 18.5 Å². The molecule has 4 heterocycles. The molecule has 1 saturated carbocycles. The molecule has 1 unspecified atom stereocenters. The van der Waals surface area contributed by atoms with Crippen molar-refractivity contribution in [3.8, 4) is 11.4 Å². The molecule has 0 spiro atoms. The van der Waals surface area contributed by atoms with Gasteiger partial charge in [-0.2, -0.15) is 0 Å². The number of H-pyrrole nitrogens is 1. The first kappa shape index (κ1) is 18.3. The summed E-state index contributed by atoms with van der Waals surface area (Å²) < 4.78 is 14.4. The average Bonchev–Trinajstić information content (AvgIpc) is 3.49. The van der Waals surface area contributed by atoms with E-state index in [0.29, 0.717) is 28.6 Å². The fraction of sp³-hybridized carbons (Fsp3) is 0.400. The van der Waals surface area contributed by atoms with Crippen LogP contribution in [0.25, 0.3) is 22.4 Å². The standard InChI is InChI=1S/C20H20ClFN6O/c21-12-6-14-15(8-24-17(14)23-7-12)18-25-9-16(22)19(27-18)26-13-2-1-5-28(10-13)20(29)11-3-4-11/h6-9,11,13H,1-5,10H2,(H,23,24)(H,25,26,27). The molecule has 1 amide bonds. The van der Waals surface area contributed by atoms with Crippen LogP contribution in [0.2, 0.25) is 5.02 Å². The van der Waals surface area contributed by atoms with Crippen LogP contribution in [0.5, 0.6) is 0 Å². The van der Waals surface area contributed by atoms with Crippen molar-refractivity contribution in [1.82, 2.24) is 24.8 Å². The number of likely N-dealkylation sites (tertiary alicyclic amines) is 1. The molecule has 1 saturated heterocycles. The van der Waals surface area contributed by atoms with E-state index in [1.807, 2.05) is 4.90 Å². The summed E-state index contributed by atoms with van der Waals surface area (Å²) in [4.78, 5) is 30.1. The van der Waals surface area contributed by atoms with Crippen molar-refractivity contribution in [2.45, 2.75) is 31.7 Å². The smallest absolute Gasteiger partial charge is 0.225 e. The molecule has 0 radical (unpaired) electrons. The van der Waals surface area contributed by atoms with Gasteiger partial charge in [0.15, 0.2) is 17.5 Å². The number of nitrogens with zero attached hydrogens (tertiary/aromatic N) is 4. The van der Waals surface area contributed by atoms with Crippen molar-refractivity contribution in [3.63, 3.8) is 0 Å². The monoisotopic (exact) mass is 414 g/mol. The molecule has 150 valence electrons. The normalized spacial score (nSPS) is 19.5. The molecule has 5 rings (SSSR count). The summed E-state index contributed by atoms with van der Waals surface area (Å²) in [7, 11) is 0. The number of fused-ring (bicyclic) bond motifs is 1. The van der Waals surface area contributed by atoms with Gasteiger partial charge in [-0.15, -0.1) is 0 Å². The van der Waals surface area contributed by atoms with Gasteiger partial charge >= 0.3 is 0 Å². The third kappa shape index (κ3) is 3.64. The zero-order chi connectivity index (χ0) is 20.0. The molecule has 2 fully saturated rings. The van der Waals surface area contributed by atoms with Crippen LogP contribution in [-0.2, 0) is 4.79 Å². The number of hydrogen-bond donors (Lipinski definition) is 2. The van der Waals surface area contributed by atoms with Gasteiger partial charge in [0, 0.05) is 48.4 Å². The number of nitrogens with one attached hydrogen (secondary N) is 2. The Morgan fingerprint density at radius 1 is 1.28 bits per heavy atom. The molecule has 1 atom stereocenters. The van der Waals surface area contributed by atoms with Crippen molar-refractivity contribution in [1.29, 1.82) is 0 Å². The number of amides is 1. The van der Waals surface area contributed by atoms with Gasteiger partial charge in [-0.3, -0.25) is 4.79 Å². The summed E-state index contributed by atoms with van der Waals surface area (Å²) in [5.74, 6) is 0.424. The van der Waals surface area contributed by atoms with Gasteiger partial charge in [-0.25, -0.2) is 19.3 Å². The Balaban J connectivity index is 1.39. The lowest BCUT2D eigenvalue weighted by atomic mass is 10.1. The van der Waals surface area contributed by atoms with Gasteiger partial charge in [-0.1, -0.05) is 11.6 Å². The predicted molar refractivity (Wildman–Crippen MR) is 108 cm³/mol. The van der Waals surface area contributed by atoms with Crippen molar-refractivity contribution in [2.24, 2.45) is 5.92 Å². The van der Waals surface area contributed by atoms with Crippen LogP contribution < -0.4 is 5.32 Å². The molecule has 7 nitrogen and oxygen atoms in total. The lowest BCUT2D eigenvalue weighted by Crippen LogP contribution is -2.45. The number of piperidine rings is 1. The summed E-state index contributed by atoms with van der Waals surface area (Å²) >= 11 is 6.06. The Kier molecular flexibility index (Phi) is 4.58. The zero-order valence-electron chi connectivity index (χ0n) is 15.7. The minimum atomic E-state index is -0.518. The molecule has 2 aliphatic rings. The number of rotatable bonds is 4. The van der Waals surface area contributed by atoms with E-state index in [1.165, 1.54) is 0 Å². The summed E-state index contributed by atoms with van der Waals surface area (Å²) in [6.07, 6.45) is 8.18. The van der Waals surface area contributed by atoms with E-state index >= 15 is 0 Å². The number of aromatic nitrogens is 4. The lowest BCUT2D eigenvalue weighted by Gasteiger charge is -2.33. The second-order valence-electron chi connectivity index (χ2n) is 7.68. The Labute approximate surface area is 171 Å². The zero-order valence-corrected chi connectivity index (χ0v) is 16.4. The highest BCUT2D eigenvalue weighted by Crippen LogP contribution is 2.32. The van der Waals surface area contributed by atoms with E-state index in [0.717, 1.165) is 43.8 Å². The predicted octanol–water partition coefficient (Wildman–Crippen LogP) is 3.63. The second-order valence-corrected chi connectivity index (χ2v) is 8.12. The van der Waals surface area contributed by atoms with Crippen LogP contribution in [0.3, 0.4) is 0 Å². The third-order valence-electron chi connectivity index (χ3n) is 5.48. The first-order valence-corrected chi connectivity index (χ1v) is 10.2. The third-order valence-corrected chi connectivity index (χ3v) is 5.69. The van der Waals surface area contributed by atoms with Gasteiger partial charge < -0.3 is 15.2 Å². The van der Waals surface area contributed by atoms with Crippen LogP contribution in [0.15, 0.2) is 24.7 Å². The number of carbonyl (C=O) groups is 1. The fourth-order valence-electron chi connectivity index (χ4n) is 3.84. The van der Waals surface area contributed by atoms with Crippen LogP contribution >= 0.6 is 11.6 Å². The Morgan fingerprint density at radius 2 is 2.14 bits per heavy atom. The SMILES string of the molecule is O=C(C1CC1)N1CCCC(Nc2nc(-c3c[nH]c4ncc(Cl)cc34)ncc2F)C1. The van der Waals surface area contributed by atoms with E-state index in [9.17, 15) is 9.18 Å². The maximum atomic E-state index is 14.4. The number of pyridine rings is 1. The van der Waals surface area contributed by atoms with E-state index in [4.69, 9.17) is 11.6 Å². The highest BCUT2D eigenvalue weighted by molar-refractivity contribution is 6.31. The topological polar surface area (TPSA) is 86.8 Å². The molecule has 0 bridgehead atoms. The van der Waals surface area contributed by atoms with Gasteiger partial charge in [-0.05, 0) is 31.7 Å². The quantitative estimate of drug-likeness (QED) is 0.680. The maximum Gasteiger partial charge on any atom is 0.225 e. The van der Waals surface area contributed by atoms with Gasteiger partial charge in [0.2, 0.25) is 5.91 Å². The molecule has 2 N–H and O–H groups in total. The summed E-state index contributed by atoms with van der Waals surface area (Å²) in [6.45, 7) is 1.34.